The highest BCUT2D eigenvalue weighted by Gasteiger charge is 2.32. The third-order valence-corrected chi connectivity index (χ3v) is 3.23. The van der Waals surface area contributed by atoms with Crippen molar-refractivity contribution in [3.8, 4) is 0 Å². The Morgan fingerprint density at radius 2 is 2.11 bits per heavy atom. The molecule has 0 bridgehead atoms. The van der Waals surface area contributed by atoms with Crippen LogP contribution in [0.25, 0.3) is 0 Å². The van der Waals surface area contributed by atoms with Crippen molar-refractivity contribution in [2.75, 3.05) is 7.11 Å². The fraction of sp³-hybridized carbons (Fsp3) is 0.357. The predicted molar refractivity (Wildman–Crippen MR) is 63.5 cm³/mol. The largest absolute Gasteiger partial charge is 0.466 e. The van der Waals surface area contributed by atoms with Gasteiger partial charge < -0.3 is 4.74 Å². The van der Waals surface area contributed by atoms with Crippen LogP contribution in [-0.2, 0) is 15.7 Å². The zero-order valence-electron chi connectivity index (χ0n) is 10.3. The average Bonchev–Trinajstić information content (AvgIpc) is 2.86. The Kier molecular flexibility index (Phi) is 3.64. The number of benzene rings is 1. The zero-order valence-corrected chi connectivity index (χ0v) is 10.3. The summed E-state index contributed by atoms with van der Waals surface area (Å²) < 4.78 is 42.7. The van der Waals surface area contributed by atoms with Gasteiger partial charge in [0.05, 0.1) is 12.7 Å². The quantitative estimate of drug-likeness (QED) is 0.766. The highest BCUT2D eigenvalue weighted by molar-refractivity contribution is 5.90. The molecular formula is C14H13F3O2. The van der Waals surface area contributed by atoms with Gasteiger partial charge in [0.15, 0.2) is 0 Å². The smallest absolute Gasteiger partial charge is 0.416 e. The molecule has 0 heterocycles. The summed E-state index contributed by atoms with van der Waals surface area (Å²) in [6.45, 7) is 0. The number of allylic oxidation sites excluding steroid dienone is 1. The highest BCUT2D eigenvalue weighted by atomic mass is 19.4. The van der Waals surface area contributed by atoms with Gasteiger partial charge in [-0.1, -0.05) is 24.3 Å². The van der Waals surface area contributed by atoms with Gasteiger partial charge >= 0.3 is 12.1 Å². The molecule has 0 aliphatic heterocycles. The van der Waals surface area contributed by atoms with Gasteiger partial charge in [-0.05, 0) is 24.5 Å². The molecule has 2 rings (SSSR count). The normalized spacial score (nSPS) is 19.2. The van der Waals surface area contributed by atoms with Crippen molar-refractivity contribution < 1.29 is 22.7 Å². The van der Waals surface area contributed by atoms with Crippen molar-refractivity contribution in [1.29, 1.82) is 0 Å². The molecule has 19 heavy (non-hydrogen) atoms. The van der Waals surface area contributed by atoms with E-state index in [2.05, 4.69) is 4.74 Å². The maximum atomic E-state index is 12.7. The van der Waals surface area contributed by atoms with Crippen LogP contribution in [0.2, 0.25) is 0 Å². The fourth-order valence-electron chi connectivity index (χ4n) is 2.32. The van der Waals surface area contributed by atoms with Gasteiger partial charge in [-0.3, -0.25) is 0 Å². The van der Waals surface area contributed by atoms with Crippen LogP contribution in [0.15, 0.2) is 35.9 Å². The van der Waals surface area contributed by atoms with Gasteiger partial charge in [0, 0.05) is 11.5 Å². The summed E-state index contributed by atoms with van der Waals surface area (Å²) in [5.41, 5.74) is 0.256. The summed E-state index contributed by atoms with van der Waals surface area (Å²) in [6, 6.07) is 5.11. The molecule has 1 aromatic carbocycles. The first-order chi connectivity index (χ1) is 8.93. The van der Waals surface area contributed by atoms with E-state index in [0.29, 0.717) is 24.0 Å². The van der Waals surface area contributed by atoms with Crippen molar-refractivity contribution in [2.24, 2.45) is 0 Å². The van der Waals surface area contributed by atoms with Crippen LogP contribution in [0.1, 0.15) is 29.9 Å². The Bertz CT molecular complexity index is 518. The van der Waals surface area contributed by atoms with E-state index in [1.807, 2.05) is 0 Å². The minimum atomic E-state index is -4.37. The summed E-state index contributed by atoms with van der Waals surface area (Å²) in [4.78, 5) is 11.6. The monoisotopic (exact) mass is 270 g/mol. The van der Waals surface area contributed by atoms with Crippen LogP contribution >= 0.6 is 0 Å². The van der Waals surface area contributed by atoms with Crippen molar-refractivity contribution in [2.45, 2.75) is 24.9 Å². The van der Waals surface area contributed by atoms with Crippen LogP contribution in [0.3, 0.4) is 0 Å². The molecule has 0 saturated carbocycles. The Morgan fingerprint density at radius 1 is 1.37 bits per heavy atom. The van der Waals surface area contributed by atoms with E-state index in [1.165, 1.54) is 13.2 Å². The van der Waals surface area contributed by atoms with Crippen LogP contribution in [0.4, 0.5) is 13.2 Å². The topological polar surface area (TPSA) is 26.3 Å². The fourth-order valence-corrected chi connectivity index (χ4v) is 2.32. The second-order valence-electron chi connectivity index (χ2n) is 4.40. The third-order valence-electron chi connectivity index (χ3n) is 3.23. The van der Waals surface area contributed by atoms with Crippen LogP contribution < -0.4 is 0 Å². The van der Waals surface area contributed by atoms with Gasteiger partial charge in [0.25, 0.3) is 0 Å². The van der Waals surface area contributed by atoms with Crippen molar-refractivity contribution in [1.82, 2.24) is 0 Å². The molecule has 1 aromatic rings. The maximum absolute atomic E-state index is 12.7. The first kappa shape index (κ1) is 13.6. The lowest BCUT2D eigenvalue weighted by Gasteiger charge is -2.15. The molecule has 1 aliphatic rings. The van der Waals surface area contributed by atoms with Crippen LogP contribution in [0.5, 0.6) is 0 Å². The number of halogens is 3. The van der Waals surface area contributed by atoms with E-state index in [1.54, 1.807) is 12.1 Å². The van der Waals surface area contributed by atoms with Gasteiger partial charge in [0.2, 0.25) is 0 Å². The second-order valence-corrected chi connectivity index (χ2v) is 4.40. The van der Waals surface area contributed by atoms with E-state index in [9.17, 15) is 18.0 Å². The second kappa shape index (κ2) is 5.07. The number of esters is 1. The molecule has 0 fully saturated rings. The Morgan fingerprint density at radius 3 is 2.74 bits per heavy atom. The highest BCUT2D eigenvalue weighted by Crippen LogP contribution is 2.38. The van der Waals surface area contributed by atoms with E-state index >= 15 is 0 Å². The predicted octanol–water partition coefficient (Wildman–Crippen LogP) is 3.68. The lowest BCUT2D eigenvalue weighted by molar-refractivity contribution is -0.137. The van der Waals surface area contributed by atoms with E-state index in [0.717, 1.165) is 12.1 Å². The summed E-state index contributed by atoms with van der Waals surface area (Å²) in [7, 11) is 1.27. The summed E-state index contributed by atoms with van der Waals surface area (Å²) in [5, 5.41) is 0. The van der Waals surface area contributed by atoms with Gasteiger partial charge in [-0.25, -0.2) is 4.79 Å². The molecule has 1 aliphatic carbocycles. The minimum Gasteiger partial charge on any atom is -0.466 e. The van der Waals surface area contributed by atoms with E-state index < -0.39 is 17.7 Å². The molecule has 0 radical (unpaired) electrons. The Hall–Kier alpha value is -1.78. The lowest BCUT2D eigenvalue weighted by Crippen LogP contribution is -2.11. The number of methoxy groups -OCH3 is 1. The van der Waals surface area contributed by atoms with Crippen molar-refractivity contribution in [3.05, 3.63) is 47.0 Å². The van der Waals surface area contributed by atoms with Crippen LogP contribution in [-0.4, -0.2) is 13.1 Å². The molecular weight excluding hydrogens is 257 g/mol. The summed E-state index contributed by atoms with van der Waals surface area (Å²) >= 11 is 0. The number of alkyl halides is 3. The third kappa shape index (κ3) is 2.80. The molecule has 2 nitrogen and oxygen atoms in total. The molecule has 102 valence electrons. The number of hydrogen-bond donors (Lipinski definition) is 0. The number of ether oxygens (including phenoxy) is 1. The number of carbonyl (C=O) groups is 1. The average molecular weight is 270 g/mol. The standard InChI is InChI=1S/C14H13F3O2/c1-19-13(18)12-7-3-6-11(12)9-4-2-5-10(8-9)14(15,16)17/h2,4-5,7-8,11H,3,6H2,1H3. The van der Waals surface area contributed by atoms with Gasteiger partial charge in [-0.15, -0.1) is 0 Å². The molecule has 1 unspecified atom stereocenters. The molecule has 1 atom stereocenters. The molecule has 0 N–H and O–H groups in total. The molecule has 0 aromatic heterocycles. The van der Waals surface area contributed by atoms with E-state index in [4.69, 9.17) is 0 Å². The van der Waals surface area contributed by atoms with Crippen molar-refractivity contribution in [3.63, 3.8) is 0 Å². The minimum absolute atomic E-state index is 0.310. The number of hydrogen-bond acceptors (Lipinski definition) is 2. The molecule has 0 saturated heterocycles. The molecule has 5 heteroatoms. The zero-order chi connectivity index (χ0) is 14.0. The number of rotatable bonds is 2. The lowest BCUT2D eigenvalue weighted by atomic mass is 9.91. The first-order valence-corrected chi connectivity index (χ1v) is 5.89. The molecule has 0 spiro atoms. The van der Waals surface area contributed by atoms with E-state index in [-0.39, 0.29) is 5.92 Å². The Balaban J connectivity index is 2.33. The van der Waals surface area contributed by atoms with Gasteiger partial charge in [0.1, 0.15) is 0 Å². The summed E-state index contributed by atoms with van der Waals surface area (Å²) in [6.07, 6.45) is -1.34. The maximum Gasteiger partial charge on any atom is 0.416 e. The van der Waals surface area contributed by atoms with Crippen LogP contribution in [0, 0.1) is 0 Å². The molecule has 0 amide bonds. The SMILES string of the molecule is COC(=O)C1=CCCC1c1cccc(C(F)(F)F)c1. The Labute approximate surface area is 108 Å². The van der Waals surface area contributed by atoms with Crippen molar-refractivity contribution >= 4 is 5.97 Å². The summed E-state index contributed by atoms with van der Waals surface area (Å²) in [5.74, 6) is -0.783. The first-order valence-electron chi connectivity index (χ1n) is 5.89. The number of carbonyl (C=O) groups excluding carboxylic acids is 1. The van der Waals surface area contributed by atoms with Gasteiger partial charge in [-0.2, -0.15) is 13.2 Å².